The Morgan fingerprint density at radius 3 is 1.58 bits per heavy atom. The first-order valence-corrected chi connectivity index (χ1v) is 19.5. The Labute approximate surface area is 330 Å². The predicted molar refractivity (Wildman–Crippen MR) is 233 cm³/mol. The van der Waals surface area contributed by atoms with Crippen molar-refractivity contribution in [2.24, 2.45) is 0 Å². The number of fused-ring (bicyclic) bond motifs is 13. The van der Waals surface area contributed by atoms with E-state index in [4.69, 9.17) is 9.97 Å². The molecule has 10 aromatic rings. The average Bonchev–Trinajstić information content (AvgIpc) is 3.76. The summed E-state index contributed by atoms with van der Waals surface area (Å²) in [6.45, 7) is 0. The zero-order valence-corrected chi connectivity index (χ0v) is 30.9. The number of aromatic nitrogens is 3. The Morgan fingerprint density at radius 1 is 0.333 bits per heavy atom. The summed E-state index contributed by atoms with van der Waals surface area (Å²) in [6, 6.07) is 68.2. The van der Waals surface area contributed by atoms with E-state index in [1.807, 2.05) is 18.5 Å². The second-order valence-corrected chi connectivity index (χ2v) is 15.1. The van der Waals surface area contributed by atoms with Gasteiger partial charge >= 0.3 is 0 Å². The molecule has 0 unspecified atom stereocenters. The standard InChI is InChI=1S/C54H33N3/c1-2-17-39-35(13-1)30-46(41-19-4-3-18-40(39)41)53-56-51(36-15-11-14-34(29-36)38-16-12-28-55-33-38)32-52(57-53)37-26-27-45-44-22-7-10-25-49(44)54(50(45)31-37)47-23-8-5-20-42(47)43-21-6-9-24-48(43)54/h1-33H. The summed E-state index contributed by atoms with van der Waals surface area (Å²) in [6.07, 6.45) is 3.72. The van der Waals surface area contributed by atoms with Crippen LogP contribution in [-0.4, -0.2) is 15.0 Å². The van der Waals surface area contributed by atoms with Crippen LogP contribution in [0.5, 0.6) is 0 Å². The molecule has 0 aliphatic heterocycles. The quantitative estimate of drug-likeness (QED) is 0.170. The van der Waals surface area contributed by atoms with Crippen molar-refractivity contribution in [2.75, 3.05) is 0 Å². The number of pyridine rings is 1. The summed E-state index contributed by atoms with van der Waals surface area (Å²) in [5.41, 5.74) is 17.0. The van der Waals surface area contributed by atoms with Gasteiger partial charge in [-0.2, -0.15) is 0 Å². The molecule has 0 fully saturated rings. The third-order valence-corrected chi connectivity index (χ3v) is 12.2. The molecule has 1 spiro atoms. The predicted octanol–water partition coefficient (Wildman–Crippen LogP) is 13.2. The molecule has 0 saturated carbocycles. The van der Waals surface area contributed by atoms with Crippen LogP contribution in [0.25, 0.3) is 88.8 Å². The van der Waals surface area contributed by atoms with Gasteiger partial charge in [-0.15, -0.1) is 0 Å². The molecule has 0 radical (unpaired) electrons. The highest BCUT2D eigenvalue weighted by atomic mass is 14.9. The minimum Gasteiger partial charge on any atom is -0.264 e. The third kappa shape index (κ3) is 4.63. The first kappa shape index (κ1) is 31.8. The Morgan fingerprint density at radius 2 is 0.895 bits per heavy atom. The van der Waals surface area contributed by atoms with Gasteiger partial charge in [0.15, 0.2) is 5.82 Å². The molecule has 2 heterocycles. The van der Waals surface area contributed by atoms with Gasteiger partial charge in [0.1, 0.15) is 0 Å². The number of hydrogen-bond acceptors (Lipinski definition) is 3. The maximum absolute atomic E-state index is 5.49. The fraction of sp³-hybridized carbons (Fsp3) is 0.0185. The molecule has 2 aliphatic carbocycles. The van der Waals surface area contributed by atoms with Crippen LogP contribution in [0.4, 0.5) is 0 Å². The monoisotopic (exact) mass is 723 g/mol. The minimum absolute atomic E-state index is 0.444. The van der Waals surface area contributed by atoms with E-state index in [1.54, 1.807) is 0 Å². The van der Waals surface area contributed by atoms with Crippen LogP contribution in [-0.2, 0) is 5.41 Å². The van der Waals surface area contributed by atoms with Crippen molar-refractivity contribution in [2.45, 2.75) is 5.41 Å². The lowest BCUT2D eigenvalue weighted by atomic mass is 9.70. The second-order valence-electron chi connectivity index (χ2n) is 15.1. The van der Waals surface area contributed by atoms with Crippen LogP contribution in [0.1, 0.15) is 22.3 Å². The van der Waals surface area contributed by atoms with E-state index in [0.29, 0.717) is 5.82 Å². The van der Waals surface area contributed by atoms with Crippen molar-refractivity contribution in [1.82, 2.24) is 15.0 Å². The van der Waals surface area contributed by atoms with Gasteiger partial charge < -0.3 is 0 Å². The molecule has 2 aromatic heterocycles. The van der Waals surface area contributed by atoms with Crippen LogP contribution < -0.4 is 0 Å². The Kier molecular flexibility index (Phi) is 6.84. The van der Waals surface area contributed by atoms with Gasteiger partial charge in [0.2, 0.25) is 0 Å². The van der Waals surface area contributed by atoms with Gasteiger partial charge in [0.25, 0.3) is 0 Å². The molecule has 0 saturated heterocycles. The first-order valence-electron chi connectivity index (χ1n) is 19.5. The molecule has 12 rings (SSSR count). The lowest BCUT2D eigenvalue weighted by molar-refractivity contribution is 0.794. The third-order valence-electron chi connectivity index (χ3n) is 12.2. The van der Waals surface area contributed by atoms with Gasteiger partial charge in [-0.3, -0.25) is 4.98 Å². The zero-order valence-electron chi connectivity index (χ0n) is 30.9. The van der Waals surface area contributed by atoms with E-state index in [1.165, 1.54) is 55.3 Å². The minimum atomic E-state index is -0.444. The lowest BCUT2D eigenvalue weighted by Gasteiger charge is -2.30. The van der Waals surface area contributed by atoms with Crippen molar-refractivity contribution in [3.63, 3.8) is 0 Å². The highest BCUT2D eigenvalue weighted by molar-refractivity contribution is 6.13. The average molecular weight is 724 g/mol. The summed E-state index contributed by atoms with van der Waals surface area (Å²) in [5.74, 6) is 0.700. The SMILES string of the molecule is c1cncc(-c2cccc(-c3cc(-c4ccc5c(c4)C4(c6ccccc6-c6ccccc64)c4ccccc4-5)nc(-c4cc5ccccc5c5ccccc45)n3)c2)c1. The highest BCUT2D eigenvalue weighted by Gasteiger charge is 2.51. The Bertz CT molecular complexity index is 3190. The molecule has 8 aromatic carbocycles. The van der Waals surface area contributed by atoms with E-state index in [0.717, 1.165) is 50.0 Å². The maximum atomic E-state index is 5.49. The normalized spacial score (nSPS) is 13.1. The van der Waals surface area contributed by atoms with Gasteiger partial charge in [-0.1, -0.05) is 158 Å². The van der Waals surface area contributed by atoms with Crippen molar-refractivity contribution in [3.8, 4) is 67.3 Å². The fourth-order valence-electron chi connectivity index (χ4n) is 9.75. The van der Waals surface area contributed by atoms with Crippen molar-refractivity contribution < 1.29 is 0 Å². The molecule has 0 amide bonds. The smallest absolute Gasteiger partial charge is 0.161 e. The van der Waals surface area contributed by atoms with Crippen LogP contribution in [0, 0.1) is 0 Å². The largest absolute Gasteiger partial charge is 0.264 e. The molecule has 264 valence electrons. The van der Waals surface area contributed by atoms with Crippen molar-refractivity contribution in [1.29, 1.82) is 0 Å². The Balaban J connectivity index is 1.13. The van der Waals surface area contributed by atoms with E-state index in [-0.39, 0.29) is 0 Å². The lowest BCUT2D eigenvalue weighted by Crippen LogP contribution is -2.25. The van der Waals surface area contributed by atoms with Crippen LogP contribution >= 0.6 is 0 Å². The second kappa shape index (κ2) is 12.3. The van der Waals surface area contributed by atoms with Gasteiger partial charge in [-0.05, 0) is 102 Å². The molecular formula is C54H33N3. The molecular weight excluding hydrogens is 691 g/mol. The van der Waals surface area contributed by atoms with Crippen LogP contribution in [0.15, 0.2) is 200 Å². The fourth-order valence-corrected chi connectivity index (χ4v) is 9.75. The Hall–Kier alpha value is -7.49. The first-order chi connectivity index (χ1) is 28.3. The maximum Gasteiger partial charge on any atom is 0.161 e. The summed E-state index contributed by atoms with van der Waals surface area (Å²) in [5, 5.41) is 4.70. The van der Waals surface area contributed by atoms with E-state index >= 15 is 0 Å². The molecule has 3 heteroatoms. The molecule has 0 N–H and O–H groups in total. The van der Waals surface area contributed by atoms with E-state index in [2.05, 4.69) is 187 Å². The van der Waals surface area contributed by atoms with Gasteiger partial charge in [0.05, 0.1) is 16.8 Å². The number of benzene rings is 8. The number of rotatable bonds is 4. The van der Waals surface area contributed by atoms with E-state index < -0.39 is 5.41 Å². The summed E-state index contributed by atoms with van der Waals surface area (Å²) < 4.78 is 0. The topological polar surface area (TPSA) is 38.7 Å². The molecule has 2 aliphatic rings. The number of nitrogens with zero attached hydrogens (tertiary/aromatic N) is 3. The van der Waals surface area contributed by atoms with Crippen LogP contribution in [0.2, 0.25) is 0 Å². The molecule has 0 bridgehead atoms. The van der Waals surface area contributed by atoms with Crippen molar-refractivity contribution >= 4 is 21.5 Å². The van der Waals surface area contributed by atoms with Crippen LogP contribution in [0.3, 0.4) is 0 Å². The zero-order chi connectivity index (χ0) is 37.5. The van der Waals surface area contributed by atoms with Crippen molar-refractivity contribution in [3.05, 3.63) is 223 Å². The van der Waals surface area contributed by atoms with E-state index in [9.17, 15) is 0 Å². The van der Waals surface area contributed by atoms with Gasteiger partial charge in [-0.25, -0.2) is 9.97 Å². The summed E-state index contributed by atoms with van der Waals surface area (Å²) >= 11 is 0. The highest BCUT2D eigenvalue weighted by Crippen LogP contribution is 2.63. The molecule has 3 nitrogen and oxygen atoms in total. The summed E-state index contributed by atoms with van der Waals surface area (Å²) in [4.78, 5) is 15.3. The van der Waals surface area contributed by atoms with Gasteiger partial charge in [0, 0.05) is 34.6 Å². The summed E-state index contributed by atoms with van der Waals surface area (Å²) in [7, 11) is 0. The number of hydrogen-bond donors (Lipinski definition) is 0. The molecule has 57 heavy (non-hydrogen) atoms. The molecule has 0 atom stereocenters.